The zero-order chi connectivity index (χ0) is 6.50. The van der Waals surface area contributed by atoms with Crippen molar-refractivity contribution in [1.29, 1.82) is 0 Å². The predicted octanol–water partition coefficient (Wildman–Crippen LogP) is -4.73. The predicted molar refractivity (Wildman–Crippen MR) is 9.18 cm³/mol. The van der Waals surface area contributed by atoms with Crippen LogP contribution in [0.1, 0.15) is 0 Å². The second kappa shape index (κ2) is 8.19. The van der Waals surface area contributed by atoms with Gasteiger partial charge in [0, 0.05) is 0 Å². The van der Waals surface area contributed by atoms with Crippen molar-refractivity contribution in [1.82, 2.24) is 0 Å². The zero-order valence-electron chi connectivity index (χ0n) is 4.13. The Hall–Kier alpha value is 1.19. The molecule has 0 aromatic rings. The van der Waals surface area contributed by atoms with Crippen molar-refractivity contribution in [2.75, 3.05) is 0 Å². The molecule has 0 rings (SSSR count). The van der Waals surface area contributed by atoms with E-state index in [2.05, 4.69) is 0 Å². The van der Waals surface area contributed by atoms with Crippen LogP contribution in [0, 0.1) is 0 Å². The Morgan fingerprint density at radius 1 is 1.12 bits per heavy atom. The molecular weight excluding hydrogens is 186 g/mol. The van der Waals surface area contributed by atoms with Crippen molar-refractivity contribution in [2.45, 2.75) is 0 Å². The van der Waals surface area contributed by atoms with Gasteiger partial charge in [-0.25, -0.2) is 0 Å². The molecule has 0 radical (unpaired) electrons. The van der Waals surface area contributed by atoms with Crippen LogP contribution in [-0.2, 0) is 29.3 Å². The van der Waals surface area contributed by atoms with Crippen LogP contribution >= 0.6 is 0 Å². The molecule has 0 aliphatic rings. The molecule has 0 amide bonds. The molecule has 0 atom stereocenters. The Morgan fingerprint density at radius 3 is 1.12 bits per heavy atom. The quantitative estimate of drug-likeness (QED) is 0.356. The number of hydrogen-bond acceptors (Lipinski definition) is 5. The topological polar surface area (TPSA) is 91.3 Å². The molecule has 0 spiro atoms. The number of carbonyl (C=O) groups excluding carboxylic acids is 1. The summed E-state index contributed by atoms with van der Waals surface area (Å²) >= 11 is -5.62. The van der Waals surface area contributed by atoms with E-state index in [-0.39, 0.29) is 51.4 Å². The molecule has 0 heterocycles. The number of rotatable bonds is 0. The normalized spacial score (nSPS) is 7.62. The summed E-state index contributed by atoms with van der Waals surface area (Å²) in [6.45, 7) is 2.00. The van der Waals surface area contributed by atoms with Gasteiger partial charge in [-0.15, -0.1) is 0 Å². The molecule has 0 aliphatic heterocycles. The van der Waals surface area contributed by atoms with E-state index >= 15 is 0 Å². The Morgan fingerprint density at radius 2 is 1.12 bits per heavy atom. The third kappa shape index (κ3) is 196. The van der Waals surface area contributed by atoms with E-state index in [1.165, 1.54) is 0 Å². The zero-order valence-corrected chi connectivity index (χ0v) is 8.43. The fourth-order valence-electron chi connectivity index (χ4n) is 0. The van der Waals surface area contributed by atoms with Gasteiger partial charge in [0.15, 0.2) is 0 Å². The van der Waals surface area contributed by atoms with Crippen LogP contribution in [-0.4, -0.2) is 6.79 Å². The van der Waals surface area contributed by atoms with Gasteiger partial charge in [-0.3, -0.25) is 0 Å². The SMILES string of the molecule is C=O.[K+].[O]=[Mn](=[O])(=[O])[O-]. The van der Waals surface area contributed by atoms with Crippen molar-refractivity contribution in [2.24, 2.45) is 0 Å². The van der Waals surface area contributed by atoms with Crippen LogP contribution in [0.4, 0.5) is 0 Å². The molecule has 0 fully saturated rings. The van der Waals surface area contributed by atoms with Gasteiger partial charge in [0.05, 0.1) is 0 Å². The average Bonchev–Trinajstić information content (AvgIpc) is 1.36. The minimum atomic E-state index is -5.62. The van der Waals surface area contributed by atoms with Crippen molar-refractivity contribution >= 4 is 6.79 Å². The third-order valence-corrected chi connectivity index (χ3v) is 0. The molecule has 0 aromatic carbocycles. The summed E-state index contributed by atoms with van der Waals surface area (Å²) in [6.07, 6.45) is 0. The van der Waals surface area contributed by atoms with E-state index in [1.54, 1.807) is 0 Å². The maximum absolute atomic E-state index is 8.58. The first-order valence-corrected chi connectivity index (χ1v) is 2.83. The Bertz CT molecular complexity index is 145. The van der Waals surface area contributed by atoms with Gasteiger partial charge < -0.3 is 4.79 Å². The molecule has 0 N–H and O–H groups in total. The number of carbonyl (C=O) groups is 1. The van der Waals surface area contributed by atoms with Crippen LogP contribution in [0.3, 0.4) is 0 Å². The van der Waals surface area contributed by atoms with E-state index in [0.29, 0.717) is 0 Å². The standard InChI is InChI=1S/CH2O.K.Mn.4O/c1-2;;;;;;/h1H2;;;;;;/q;+1;;;;;-1. The molecule has 0 saturated heterocycles. The third-order valence-electron chi connectivity index (χ3n) is 0. The van der Waals surface area contributed by atoms with Gasteiger partial charge in [-0.1, -0.05) is 0 Å². The van der Waals surface area contributed by atoms with Gasteiger partial charge >= 0.3 is 80.0 Å². The summed E-state index contributed by atoms with van der Waals surface area (Å²) in [5.74, 6) is 0. The first kappa shape index (κ1) is 16.1. The van der Waals surface area contributed by atoms with Crippen molar-refractivity contribution in [3.8, 4) is 0 Å². The Balaban J connectivity index is -0.0000000750. The molecule has 0 bridgehead atoms. The van der Waals surface area contributed by atoms with Crippen molar-refractivity contribution in [3.63, 3.8) is 0 Å². The van der Waals surface area contributed by atoms with E-state index in [1.807, 2.05) is 6.79 Å². The molecule has 0 unspecified atom stereocenters. The summed E-state index contributed by atoms with van der Waals surface area (Å²) in [5.41, 5.74) is 0. The first-order chi connectivity index (χ1) is 3.00. The van der Waals surface area contributed by atoms with Crippen LogP contribution < -0.4 is 55.6 Å². The molecule has 5 nitrogen and oxygen atoms in total. The van der Waals surface area contributed by atoms with Gasteiger partial charge in [-0.2, -0.15) is 0 Å². The van der Waals surface area contributed by atoms with Crippen LogP contribution in [0.25, 0.3) is 0 Å². The number of hydrogen-bond donors (Lipinski definition) is 0. The maximum atomic E-state index is 8.58. The van der Waals surface area contributed by atoms with E-state index < -0.39 is 13.0 Å². The van der Waals surface area contributed by atoms with E-state index in [0.717, 1.165) is 0 Å². The molecular formula is CH2KMnO5. The van der Waals surface area contributed by atoms with Gasteiger partial charge in [0.2, 0.25) is 0 Å². The Labute approximate surface area is 90.0 Å². The minimum absolute atomic E-state index is 0. The summed E-state index contributed by atoms with van der Waals surface area (Å²) in [4.78, 5) is 8.00. The summed E-state index contributed by atoms with van der Waals surface area (Å²) < 4.78 is 34.3. The second-order valence-electron chi connectivity index (χ2n) is 0.378. The Kier molecular flexibility index (Phi) is 16.5. The van der Waals surface area contributed by atoms with Gasteiger partial charge in [0.1, 0.15) is 6.79 Å². The average molecular weight is 188 g/mol. The molecule has 0 saturated carbocycles. The molecule has 0 aromatic heterocycles. The second-order valence-corrected chi connectivity index (χ2v) is 1.56. The summed E-state index contributed by atoms with van der Waals surface area (Å²) in [7, 11) is 0. The van der Waals surface area contributed by atoms with Crippen molar-refractivity contribution in [3.05, 3.63) is 0 Å². The summed E-state index contributed by atoms with van der Waals surface area (Å²) in [6, 6.07) is 0. The first-order valence-electron chi connectivity index (χ1n) is 0.906. The summed E-state index contributed by atoms with van der Waals surface area (Å²) in [5, 5.41) is 0. The van der Waals surface area contributed by atoms with Crippen LogP contribution in [0.2, 0.25) is 0 Å². The van der Waals surface area contributed by atoms with Crippen LogP contribution in [0.5, 0.6) is 0 Å². The van der Waals surface area contributed by atoms with Gasteiger partial charge in [0.25, 0.3) is 0 Å². The van der Waals surface area contributed by atoms with Crippen molar-refractivity contribution < 1.29 is 84.8 Å². The van der Waals surface area contributed by atoms with E-state index in [4.69, 9.17) is 20.5 Å². The van der Waals surface area contributed by atoms with Crippen LogP contribution in [0.15, 0.2) is 0 Å². The monoisotopic (exact) mass is 188 g/mol. The molecule has 8 heavy (non-hydrogen) atoms. The van der Waals surface area contributed by atoms with E-state index in [9.17, 15) is 0 Å². The van der Waals surface area contributed by atoms with Gasteiger partial charge in [-0.05, 0) is 0 Å². The molecule has 44 valence electrons. The molecule has 0 aliphatic carbocycles. The fraction of sp³-hybridized carbons (Fsp3) is 0. The molecule has 7 heteroatoms. The fourth-order valence-corrected chi connectivity index (χ4v) is 0.